The Morgan fingerprint density at radius 2 is 1.81 bits per heavy atom. The first kappa shape index (κ1) is 19.1. The highest BCUT2D eigenvalue weighted by molar-refractivity contribution is 5.74. The van der Waals surface area contributed by atoms with Crippen molar-refractivity contribution in [2.75, 3.05) is 18.4 Å². The van der Waals surface area contributed by atoms with Crippen LogP contribution in [0.15, 0.2) is 42.5 Å². The third kappa shape index (κ3) is 5.40. The number of nitrogens with one attached hydrogen (secondary N) is 3. The highest BCUT2D eigenvalue weighted by Gasteiger charge is 2.11. The summed E-state index contributed by atoms with van der Waals surface area (Å²) < 4.78 is 26.1. The minimum atomic E-state index is -0.969. The SMILES string of the molecule is CC(NC(=O)NCCNc1ccc([N+](=O)[O-])cc1)c1ccc(F)c(F)c1. The summed E-state index contributed by atoms with van der Waals surface area (Å²) in [7, 11) is 0. The minimum absolute atomic E-state index is 0.000676. The molecule has 138 valence electrons. The molecule has 0 saturated heterocycles. The molecule has 2 amide bonds. The Balaban J connectivity index is 1.72. The second-order valence-corrected chi connectivity index (χ2v) is 5.53. The van der Waals surface area contributed by atoms with E-state index in [1.807, 2.05) is 0 Å². The lowest BCUT2D eigenvalue weighted by Crippen LogP contribution is -2.39. The van der Waals surface area contributed by atoms with Gasteiger partial charge in [0.1, 0.15) is 0 Å². The number of nitrogens with zero attached hydrogens (tertiary/aromatic N) is 1. The van der Waals surface area contributed by atoms with E-state index in [1.165, 1.54) is 18.2 Å². The number of amides is 2. The van der Waals surface area contributed by atoms with Crippen LogP contribution < -0.4 is 16.0 Å². The van der Waals surface area contributed by atoms with Crippen molar-refractivity contribution in [2.24, 2.45) is 0 Å². The molecule has 9 heteroatoms. The highest BCUT2D eigenvalue weighted by atomic mass is 19.2. The number of nitro groups is 1. The van der Waals surface area contributed by atoms with Gasteiger partial charge < -0.3 is 16.0 Å². The first-order valence-electron chi connectivity index (χ1n) is 7.84. The number of non-ortho nitro benzene ring substituents is 1. The van der Waals surface area contributed by atoms with Crippen LogP contribution in [0.1, 0.15) is 18.5 Å². The van der Waals surface area contributed by atoms with Gasteiger partial charge in [-0.3, -0.25) is 10.1 Å². The van der Waals surface area contributed by atoms with E-state index < -0.39 is 28.6 Å². The monoisotopic (exact) mass is 364 g/mol. The number of halogens is 2. The summed E-state index contributed by atoms with van der Waals surface area (Å²) in [6.07, 6.45) is 0. The van der Waals surface area contributed by atoms with Crippen LogP contribution in [-0.2, 0) is 0 Å². The van der Waals surface area contributed by atoms with Gasteiger partial charge in [-0.2, -0.15) is 0 Å². The number of hydrogen-bond acceptors (Lipinski definition) is 4. The van der Waals surface area contributed by atoms with Crippen LogP contribution in [-0.4, -0.2) is 24.0 Å². The lowest BCUT2D eigenvalue weighted by atomic mass is 10.1. The molecule has 0 saturated carbocycles. The quantitative estimate of drug-likeness (QED) is 0.399. The Morgan fingerprint density at radius 3 is 2.42 bits per heavy atom. The summed E-state index contributed by atoms with van der Waals surface area (Å²) in [6, 6.07) is 8.41. The van der Waals surface area contributed by atoms with Crippen LogP contribution in [0.2, 0.25) is 0 Å². The molecule has 0 spiro atoms. The summed E-state index contributed by atoms with van der Waals surface area (Å²) in [4.78, 5) is 21.9. The molecule has 3 N–H and O–H groups in total. The standard InChI is InChI=1S/C17H18F2N4O3/c1-11(12-2-7-15(18)16(19)10-12)22-17(24)21-9-8-20-13-3-5-14(6-4-13)23(25)26/h2-7,10-11,20H,8-9H2,1H3,(H2,21,22,24). The third-order valence-electron chi connectivity index (χ3n) is 3.61. The van der Waals surface area contributed by atoms with Gasteiger partial charge in [-0.1, -0.05) is 6.07 Å². The van der Waals surface area contributed by atoms with Crippen molar-refractivity contribution in [1.29, 1.82) is 0 Å². The van der Waals surface area contributed by atoms with E-state index in [9.17, 15) is 23.7 Å². The molecule has 1 unspecified atom stereocenters. The zero-order chi connectivity index (χ0) is 19.1. The molecule has 0 fully saturated rings. The van der Waals surface area contributed by atoms with Gasteiger partial charge in [0.2, 0.25) is 0 Å². The number of carbonyl (C=O) groups is 1. The van der Waals surface area contributed by atoms with Crippen LogP contribution in [0.25, 0.3) is 0 Å². The molecular formula is C17H18F2N4O3. The highest BCUT2D eigenvalue weighted by Crippen LogP contribution is 2.16. The summed E-state index contributed by atoms with van der Waals surface area (Å²) in [5, 5.41) is 18.8. The predicted molar refractivity (Wildman–Crippen MR) is 92.9 cm³/mol. The summed E-state index contributed by atoms with van der Waals surface area (Å²) in [6.45, 7) is 2.36. The van der Waals surface area contributed by atoms with Crippen LogP contribution in [0, 0.1) is 21.7 Å². The number of nitro benzene ring substituents is 1. The van der Waals surface area contributed by atoms with Crippen LogP contribution in [0.4, 0.5) is 25.0 Å². The molecule has 0 heterocycles. The fraction of sp³-hybridized carbons (Fsp3) is 0.235. The zero-order valence-electron chi connectivity index (χ0n) is 14.0. The van der Waals surface area contributed by atoms with Crippen molar-refractivity contribution in [1.82, 2.24) is 10.6 Å². The van der Waals surface area contributed by atoms with E-state index in [1.54, 1.807) is 19.1 Å². The van der Waals surface area contributed by atoms with Crippen LogP contribution >= 0.6 is 0 Å². The Morgan fingerprint density at radius 1 is 1.12 bits per heavy atom. The van der Waals surface area contributed by atoms with E-state index in [2.05, 4.69) is 16.0 Å². The predicted octanol–water partition coefficient (Wildman–Crippen LogP) is 3.35. The Kier molecular flexibility index (Phi) is 6.42. The van der Waals surface area contributed by atoms with Gasteiger partial charge in [-0.15, -0.1) is 0 Å². The van der Waals surface area contributed by atoms with E-state index in [0.717, 1.165) is 12.1 Å². The molecule has 2 rings (SSSR count). The second-order valence-electron chi connectivity index (χ2n) is 5.53. The summed E-state index contributed by atoms with van der Waals surface area (Å²) in [5.74, 6) is -1.91. The molecule has 7 nitrogen and oxygen atoms in total. The summed E-state index contributed by atoms with van der Waals surface area (Å²) in [5.41, 5.74) is 1.13. The number of rotatable bonds is 7. The average Bonchev–Trinajstić information content (AvgIpc) is 2.61. The maximum atomic E-state index is 13.2. The van der Waals surface area contributed by atoms with E-state index in [4.69, 9.17) is 0 Å². The van der Waals surface area contributed by atoms with Crippen molar-refractivity contribution in [3.8, 4) is 0 Å². The molecule has 26 heavy (non-hydrogen) atoms. The van der Waals surface area contributed by atoms with Crippen molar-refractivity contribution in [3.05, 3.63) is 69.8 Å². The molecule has 0 bridgehead atoms. The molecule has 2 aromatic carbocycles. The Labute approximate surface area is 148 Å². The number of hydrogen-bond donors (Lipinski definition) is 3. The molecule has 0 aliphatic heterocycles. The molecule has 1 atom stereocenters. The van der Waals surface area contributed by atoms with Crippen molar-refractivity contribution < 1.29 is 18.5 Å². The van der Waals surface area contributed by atoms with Crippen molar-refractivity contribution in [3.63, 3.8) is 0 Å². The van der Waals surface area contributed by atoms with E-state index in [-0.39, 0.29) is 5.69 Å². The number of anilines is 1. The Bertz CT molecular complexity index is 784. The number of urea groups is 1. The zero-order valence-corrected chi connectivity index (χ0v) is 14.0. The summed E-state index contributed by atoms with van der Waals surface area (Å²) >= 11 is 0. The van der Waals surface area contributed by atoms with Gasteiger partial charge in [0.15, 0.2) is 11.6 Å². The smallest absolute Gasteiger partial charge is 0.315 e. The van der Waals surface area contributed by atoms with Crippen LogP contribution in [0.3, 0.4) is 0 Å². The van der Waals surface area contributed by atoms with Gasteiger partial charge in [0.05, 0.1) is 11.0 Å². The van der Waals surface area contributed by atoms with Gasteiger partial charge in [-0.05, 0) is 36.8 Å². The van der Waals surface area contributed by atoms with E-state index >= 15 is 0 Å². The molecule has 0 aliphatic rings. The molecule has 0 aliphatic carbocycles. The fourth-order valence-electron chi connectivity index (χ4n) is 2.20. The number of carbonyl (C=O) groups excluding carboxylic acids is 1. The van der Waals surface area contributed by atoms with Gasteiger partial charge in [0.25, 0.3) is 5.69 Å². The largest absolute Gasteiger partial charge is 0.383 e. The Hall–Kier alpha value is -3.23. The molecular weight excluding hydrogens is 346 g/mol. The first-order chi connectivity index (χ1) is 12.4. The van der Waals surface area contributed by atoms with Crippen molar-refractivity contribution in [2.45, 2.75) is 13.0 Å². The second kappa shape index (κ2) is 8.75. The molecule has 2 aromatic rings. The average molecular weight is 364 g/mol. The lowest BCUT2D eigenvalue weighted by Gasteiger charge is -2.15. The van der Waals surface area contributed by atoms with E-state index in [0.29, 0.717) is 24.3 Å². The number of benzene rings is 2. The van der Waals surface area contributed by atoms with Gasteiger partial charge in [-0.25, -0.2) is 13.6 Å². The third-order valence-corrected chi connectivity index (χ3v) is 3.61. The maximum absolute atomic E-state index is 13.2. The van der Waals surface area contributed by atoms with Gasteiger partial charge in [0, 0.05) is 30.9 Å². The topological polar surface area (TPSA) is 96.3 Å². The first-order valence-corrected chi connectivity index (χ1v) is 7.84. The molecule has 0 radical (unpaired) electrons. The normalized spacial score (nSPS) is 11.5. The fourth-order valence-corrected chi connectivity index (χ4v) is 2.20. The maximum Gasteiger partial charge on any atom is 0.315 e. The molecule has 0 aromatic heterocycles. The van der Waals surface area contributed by atoms with Gasteiger partial charge >= 0.3 is 6.03 Å². The van der Waals surface area contributed by atoms with Crippen LogP contribution in [0.5, 0.6) is 0 Å². The lowest BCUT2D eigenvalue weighted by molar-refractivity contribution is -0.384. The minimum Gasteiger partial charge on any atom is -0.383 e. The van der Waals surface area contributed by atoms with Crippen molar-refractivity contribution >= 4 is 17.4 Å².